The van der Waals surface area contributed by atoms with Gasteiger partial charge in [0.2, 0.25) is 0 Å². The van der Waals surface area contributed by atoms with E-state index in [2.05, 4.69) is 18.2 Å². The highest BCUT2D eigenvalue weighted by molar-refractivity contribution is 7.30. The van der Waals surface area contributed by atoms with Crippen LogP contribution in [0.5, 0.6) is 0 Å². The van der Waals surface area contributed by atoms with Gasteiger partial charge in [-0.15, -0.1) is 34.0 Å². The van der Waals surface area contributed by atoms with Crippen molar-refractivity contribution in [1.29, 1.82) is 0 Å². The van der Waals surface area contributed by atoms with Gasteiger partial charge in [-0.05, 0) is 169 Å². The number of hydrogen-bond acceptors (Lipinski definition) is 12. The molecule has 78 heavy (non-hydrogen) atoms. The predicted molar refractivity (Wildman–Crippen MR) is 317 cm³/mol. The van der Waals surface area contributed by atoms with E-state index in [1.165, 1.54) is 14.7 Å². The van der Waals surface area contributed by atoms with E-state index in [0.717, 1.165) is 97.4 Å². The molecule has 0 unspecified atom stereocenters. The van der Waals surface area contributed by atoms with E-state index in [-0.39, 0.29) is 35.4 Å². The lowest BCUT2D eigenvalue weighted by Gasteiger charge is -2.28. The minimum Gasteiger partial charge on any atom is -0.309 e. The average Bonchev–Trinajstić information content (AvgIpc) is 4.30. The zero-order chi connectivity index (χ0) is 54.0. The molecule has 0 spiro atoms. The fourth-order valence-corrected chi connectivity index (χ4v) is 15.9. The zero-order valence-electron chi connectivity index (χ0n) is 44.1. The molecule has 3 aromatic heterocycles. The summed E-state index contributed by atoms with van der Waals surface area (Å²) in [6, 6.07) is 35.7. The van der Waals surface area contributed by atoms with Gasteiger partial charge in [-0.2, -0.15) is 0 Å². The van der Waals surface area contributed by atoms with E-state index in [1.54, 1.807) is 34.0 Å². The van der Waals surface area contributed by atoms with Crippen molar-refractivity contribution in [2.75, 3.05) is 81.6 Å². The lowest BCUT2D eigenvalue weighted by Crippen LogP contribution is -2.41. The van der Waals surface area contributed by atoms with E-state index < -0.39 is 0 Å². The van der Waals surface area contributed by atoms with Crippen LogP contribution in [0.1, 0.15) is 81.4 Å². The molecule has 0 bridgehead atoms. The summed E-state index contributed by atoms with van der Waals surface area (Å²) in [6.45, 7) is 3.26. The Morgan fingerprint density at radius 2 is 0.564 bits per heavy atom. The second-order valence-corrected chi connectivity index (χ2v) is 24.6. The Morgan fingerprint density at radius 3 is 0.821 bits per heavy atom. The van der Waals surface area contributed by atoms with Crippen molar-refractivity contribution in [3.63, 3.8) is 0 Å². The summed E-state index contributed by atoms with van der Waals surface area (Å²) in [5, 5.41) is 7.70. The van der Waals surface area contributed by atoms with Gasteiger partial charge in [-0.3, -0.25) is 43.5 Å². The van der Waals surface area contributed by atoms with Crippen LogP contribution in [0.25, 0.3) is 93.9 Å². The van der Waals surface area contributed by atoms with Gasteiger partial charge in [-0.1, -0.05) is 54.6 Å². The summed E-state index contributed by atoms with van der Waals surface area (Å²) in [5.41, 5.74) is 5.90. The first-order valence-corrected chi connectivity index (χ1v) is 28.8. The molecule has 0 fully saturated rings. The summed E-state index contributed by atoms with van der Waals surface area (Å²) in [5.74, 6) is -1.67. The van der Waals surface area contributed by atoms with Gasteiger partial charge >= 0.3 is 0 Å². The SMILES string of the molecule is CN(C)CCCN1C(=O)c2cccc3c(-c4cc5c(s4)c4cc(-c6ccc7c8c(cccc68)C(=O)N(CCCN(C)C)C7=O)sc4c4cc(-c6ccc7c8c(cccc68)C(=O)N(CCCN(C)C)C7=O)sc54)ccc(c23)C1=O. The molecule has 0 radical (unpaired) electrons. The Morgan fingerprint density at radius 1 is 0.321 bits per heavy atom. The molecular weight excluding hydrogens is 1030 g/mol. The second-order valence-electron chi connectivity index (χ2n) is 21.5. The first kappa shape index (κ1) is 50.0. The minimum atomic E-state index is -0.278. The smallest absolute Gasteiger partial charge is 0.261 e. The van der Waals surface area contributed by atoms with Crippen LogP contribution in [0, 0.1) is 0 Å². The van der Waals surface area contributed by atoms with Gasteiger partial charge in [0.05, 0.1) is 0 Å². The first-order chi connectivity index (χ1) is 37.7. The highest BCUT2D eigenvalue weighted by Gasteiger charge is 2.37. The Balaban J connectivity index is 0.985. The Labute approximate surface area is 462 Å². The molecule has 3 aliphatic heterocycles. The third kappa shape index (κ3) is 7.84. The maximum absolute atomic E-state index is 14.1. The van der Waals surface area contributed by atoms with Crippen LogP contribution in [0.2, 0.25) is 0 Å². The first-order valence-electron chi connectivity index (χ1n) is 26.3. The van der Waals surface area contributed by atoms with E-state index in [1.807, 2.05) is 148 Å². The van der Waals surface area contributed by atoms with Gasteiger partial charge < -0.3 is 14.7 Å². The normalized spacial score (nSPS) is 14.7. The third-order valence-corrected chi connectivity index (χ3v) is 19.3. The number of benzene rings is 7. The number of thiophene rings is 3. The molecule has 6 heterocycles. The van der Waals surface area contributed by atoms with Gasteiger partial charge in [0.1, 0.15) is 0 Å². The van der Waals surface area contributed by atoms with Crippen LogP contribution < -0.4 is 0 Å². The molecule has 390 valence electrons. The molecule has 15 heteroatoms. The third-order valence-electron chi connectivity index (χ3n) is 15.7. The van der Waals surface area contributed by atoms with Crippen molar-refractivity contribution in [1.82, 2.24) is 29.4 Å². The van der Waals surface area contributed by atoms with Crippen molar-refractivity contribution >= 4 is 132 Å². The number of nitrogens with zero attached hydrogens (tertiary/aromatic N) is 6. The highest BCUT2D eigenvalue weighted by Crippen LogP contribution is 2.53. The van der Waals surface area contributed by atoms with Crippen LogP contribution in [-0.4, -0.2) is 146 Å². The summed E-state index contributed by atoms with van der Waals surface area (Å²) >= 11 is 5.04. The highest BCUT2D eigenvalue weighted by atomic mass is 32.1. The molecule has 0 saturated carbocycles. The van der Waals surface area contributed by atoms with Crippen molar-refractivity contribution < 1.29 is 28.8 Å². The largest absolute Gasteiger partial charge is 0.309 e. The molecule has 6 amide bonds. The molecule has 3 aliphatic rings. The number of hydrogen-bond donors (Lipinski definition) is 0. The molecule has 12 nitrogen and oxygen atoms in total. The summed E-state index contributed by atoms with van der Waals surface area (Å²) < 4.78 is 3.23. The van der Waals surface area contributed by atoms with Crippen LogP contribution in [0.3, 0.4) is 0 Å². The van der Waals surface area contributed by atoms with Crippen LogP contribution in [0.15, 0.2) is 109 Å². The minimum absolute atomic E-state index is 0.278. The van der Waals surface area contributed by atoms with E-state index in [0.29, 0.717) is 88.4 Å². The predicted octanol–water partition coefficient (Wildman–Crippen LogP) is 12.4. The zero-order valence-corrected chi connectivity index (χ0v) is 46.6. The number of rotatable bonds is 15. The maximum Gasteiger partial charge on any atom is 0.261 e. The lowest BCUT2D eigenvalue weighted by molar-refractivity contribution is 0.0590. The summed E-state index contributed by atoms with van der Waals surface area (Å²) in [4.78, 5) is 98.0. The number of carbonyl (C=O) groups is 6. The number of amides is 6. The summed E-state index contributed by atoms with van der Waals surface area (Å²) in [7, 11) is 11.9. The van der Waals surface area contributed by atoms with Gasteiger partial charge in [0, 0.05) is 114 Å². The van der Waals surface area contributed by atoms with Crippen molar-refractivity contribution in [3.05, 3.63) is 143 Å². The molecule has 0 saturated heterocycles. The van der Waals surface area contributed by atoms with Gasteiger partial charge in [0.25, 0.3) is 35.4 Å². The Bertz CT molecular complexity index is 3700. The van der Waals surface area contributed by atoms with E-state index in [4.69, 9.17) is 0 Å². The molecule has 13 rings (SSSR count). The van der Waals surface area contributed by atoms with Crippen LogP contribution in [0.4, 0.5) is 0 Å². The molecule has 0 atom stereocenters. The molecule has 7 aromatic carbocycles. The molecular formula is C63H54N6O6S3. The number of carbonyl (C=O) groups excluding carboxylic acids is 6. The van der Waals surface area contributed by atoms with Crippen LogP contribution >= 0.6 is 34.0 Å². The maximum atomic E-state index is 14.1. The summed E-state index contributed by atoms with van der Waals surface area (Å²) in [6.07, 6.45) is 2.01. The van der Waals surface area contributed by atoms with Crippen molar-refractivity contribution in [2.24, 2.45) is 0 Å². The monoisotopic (exact) mass is 1090 g/mol. The number of imide groups is 3. The van der Waals surface area contributed by atoms with Crippen molar-refractivity contribution in [3.8, 4) is 31.3 Å². The van der Waals surface area contributed by atoms with Crippen molar-refractivity contribution in [2.45, 2.75) is 19.3 Å². The topological polar surface area (TPSA) is 122 Å². The quantitative estimate of drug-likeness (QED) is 0.0924. The molecule has 10 aromatic rings. The van der Waals surface area contributed by atoms with Crippen LogP contribution in [-0.2, 0) is 0 Å². The molecule has 0 N–H and O–H groups in total. The fourth-order valence-electron chi connectivity index (χ4n) is 12.0. The number of fused-ring (bicyclic) bond motifs is 6. The van der Waals surface area contributed by atoms with Gasteiger partial charge in [-0.25, -0.2) is 0 Å². The standard InChI is InChI=1S/C63H54N6O6S3/c1-64(2)25-10-28-67-58(70)40-16-7-13-37-34(19-22-43(52(37)40)61(67)73)49-31-46-55(76-49)47-32-50(35-20-23-44-53-38(35)14-8-17-41(53)59(71)68(62(44)74)29-11-26-65(3)4)78-57(47)48-33-51(77-56(46)48)36-21-24-45-54-39(36)15-9-18-42(54)60(72)69(63(45)75)30-12-27-66(5)6/h7-9,13-24,31-33H,10-12,25-30H2,1-6H3. The van der Waals surface area contributed by atoms with E-state index in [9.17, 15) is 28.8 Å². The van der Waals surface area contributed by atoms with Gasteiger partial charge in [0.15, 0.2) is 0 Å². The Hall–Kier alpha value is -7.50. The lowest BCUT2D eigenvalue weighted by atomic mass is 9.90. The molecule has 0 aliphatic carbocycles. The van der Waals surface area contributed by atoms with E-state index >= 15 is 0 Å². The Kier molecular flexibility index (Phi) is 12.3. The fraction of sp³-hybridized carbons (Fsp3) is 0.238. The second kappa shape index (κ2) is 19.1. The average molecular weight is 1090 g/mol.